The van der Waals surface area contributed by atoms with E-state index in [9.17, 15) is 5.11 Å². The van der Waals surface area contributed by atoms with E-state index in [-0.39, 0.29) is 6.10 Å². The highest BCUT2D eigenvalue weighted by Crippen LogP contribution is 2.12. The molecule has 1 N–H and O–H groups in total. The van der Waals surface area contributed by atoms with Crippen molar-refractivity contribution in [3.63, 3.8) is 0 Å². The Kier molecular flexibility index (Phi) is 3.38. The molecule has 0 bridgehead atoms. The minimum Gasteiger partial charge on any atom is -0.392 e. The van der Waals surface area contributed by atoms with Crippen LogP contribution >= 0.6 is 0 Å². The number of likely N-dealkylation sites (N-methyl/N-ethyl adjacent to an activating group) is 1. The highest BCUT2D eigenvalue weighted by molar-refractivity contribution is 4.79. The molecule has 2 aliphatic heterocycles. The van der Waals surface area contributed by atoms with Gasteiger partial charge < -0.3 is 14.7 Å². The third-order valence-corrected chi connectivity index (χ3v) is 3.05. The summed E-state index contributed by atoms with van der Waals surface area (Å²) >= 11 is 0. The summed E-state index contributed by atoms with van der Waals surface area (Å²) in [6.45, 7) is 5.72. The molecule has 4 heteroatoms. The lowest BCUT2D eigenvalue weighted by Gasteiger charge is -2.32. The van der Waals surface area contributed by atoms with Crippen LogP contribution in [0.4, 0.5) is 0 Å². The fourth-order valence-corrected chi connectivity index (χ4v) is 2.24. The van der Waals surface area contributed by atoms with E-state index in [1.165, 1.54) is 0 Å². The van der Waals surface area contributed by atoms with E-state index in [0.717, 1.165) is 45.8 Å². The van der Waals surface area contributed by atoms with Gasteiger partial charge in [-0.25, -0.2) is 0 Å². The summed E-state index contributed by atoms with van der Waals surface area (Å²) in [6, 6.07) is 0. The van der Waals surface area contributed by atoms with Crippen LogP contribution in [0.3, 0.4) is 0 Å². The van der Waals surface area contributed by atoms with E-state index >= 15 is 0 Å². The second kappa shape index (κ2) is 4.57. The van der Waals surface area contributed by atoms with Crippen molar-refractivity contribution in [2.45, 2.75) is 18.6 Å². The van der Waals surface area contributed by atoms with Crippen LogP contribution in [0, 0.1) is 0 Å². The Balaban J connectivity index is 1.74. The summed E-state index contributed by atoms with van der Waals surface area (Å²) in [7, 11) is 2.13. The summed E-state index contributed by atoms with van der Waals surface area (Å²) < 4.78 is 5.68. The van der Waals surface area contributed by atoms with Crippen molar-refractivity contribution in [1.29, 1.82) is 0 Å². The van der Waals surface area contributed by atoms with E-state index < -0.39 is 0 Å². The predicted octanol–water partition coefficient (Wildman–Crippen LogP) is -0.616. The summed E-state index contributed by atoms with van der Waals surface area (Å²) in [4.78, 5) is 4.61. The fraction of sp³-hybridized carbons (Fsp3) is 1.00. The SMILES string of the molecule is CN1CCOC(CN2CCC(O)C2)C1. The molecule has 0 aromatic carbocycles. The van der Waals surface area contributed by atoms with Gasteiger partial charge in [0.1, 0.15) is 0 Å². The highest BCUT2D eigenvalue weighted by atomic mass is 16.5. The largest absolute Gasteiger partial charge is 0.392 e. The zero-order valence-corrected chi connectivity index (χ0v) is 8.85. The predicted molar refractivity (Wildman–Crippen MR) is 54.3 cm³/mol. The Hall–Kier alpha value is -0.160. The zero-order valence-electron chi connectivity index (χ0n) is 8.85. The first-order valence-electron chi connectivity index (χ1n) is 5.44. The van der Waals surface area contributed by atoms with Crippen molar-refractivity contribution in [1.82, 2.24) is 9.80 Å². The summed E-state index contributed by atoms with van der Waals surface area (Å²) in [5, 5.41) is 9.39. The quantitative estimate of drug-likeness (QED) is 0.645. The maximum atomic E-state index is 9.39. The van der Waals surface area contributed by atoms with Crippen molar-refractivity contribution < 1.29 is 9.84 Å². The first kappa shape index (κ1) is 10.4. The molecule has 2 heterocycles. The molecule has 0 amide bonds. The number of nitrogens with zero attached hydrogens (tertiary/aromatic N) is 2. The normalized spacial score (nSPS) is 36.4. The molecule has 2 saturated heterocycles. The molecule has 0 spiro atoms. The molecule has 4 nitrogen and oxygen atoms in total. The lowest BCUT2D eigenvalue weighted by Crippen LogP contribution is -2.45. The molecule has 2 unspecified atom stereocenters. The Morgan fingerprint density at radius 1 is 1.36 bits per heavy atom. The summed E-state index contributed by atoms with van der Waals surface area (Å²) in [5.41, 5.74) is 0. The van der Waals surface area contributed by atoms with E-state index in [1.54, 1.807) is 0 Å². The van der Waals surface area contributed by atoms with Gasteiger partial charge in [-0.2, -0.15) is 0 Å². The molecule has 0 aromatic rings. The van der Waals surface area contributed by atoms with E-state index in [0.29, 0.717) is 6.10 Å². The van der Waals surface area contributed by atoms with Crippen LogP contribution in [0.2, 0.25) is 0 Å². The second-order valence-electron chi connectivity index (χ2n) is 4.46. The van der Waals surface area contributed by atoms with Crippen molar-refractivity contribution >= 4 is 0 Å². The number of β-amino-alcohol motifs (C(OH)–C–C–N with tert-alkyl or cyclic N) is 1. The average molecular weight is 200 g/mol. The van der Waals surface area contributed by atoms with E-state index in [2.05, 4.69) is 16.8 Å². The molecule has 2 rings (SSSR count). The number of likely N-dealkylation sites (tertiary alicyclic amines) is 1. The van der Waals surface area contributed by atoms with Gasteiger partial charge in [-0.15, -0.1) is 0 Å². The maximum Gasteiger partial charge on any atom is 0.0829 e. The number of hydrogen-bond donors (Lipinski definition) is 1. The first-order valence-corrected chi connectivity index (χ1v) is 5.44. The van der Waals surface area contributed by atoms with Crippen LogP contribution in [0.25, 0.3) is 0 Å². The molecule has 0 aliphatic carbocycles. The minimum absolute atomic E-state index is 0.115. The number of ether oxygens (including phenoxy) is 1. The van der Waals surface area contributed by atoms with Crippen LogP contribution in [0.15, 0.2) is 0 Å². The van der Waals surface area contributed by atoms with Gasteiger partial charge in [-0.3, -0.25) is 4.90 Å². The number of hydrogen-bond acceptors (Lipinski definition) is 4. The monoisotopic (exact) mass is 200 g/mol. The Morgan fingerprint density at radius 3 is 2.86 bits per heavy atom. The zero-order chi connectivity index (χ0) is 9.97. The van der Waals surface area contributed by atoms with Gasteiger partial charge in [0.15, 0.2) is 0 Å². The van der Waals surface area contributed by atoms with E-state index in [4.69, 9.17) is 4.74 Å². The molecular weight excluding hydrogens is 180 g/mol. The Bertz CT molecular complexity index is 189. The topological polar surface area (TPSA) is 35.9 Å². The summed E-state index contributed by atoms with van der Waals surface area (Å²) in [5.74, 6) is 0. The third-order valence-electron chi connectivity index (χ3n) is 3.05. The van der Waals surface area contributed by atoms with Crippen molar-refractivity contribution in [2.24, 2.45) is 0 Å². The van der Waals surface area contributed by atoms with Crippen molar-refractivity contribution in [3.05, 3.63) is 0 Å². The molecule has 0 aromatic heterocycles. The number of morpholine rings is 1. The van der Waals surface area contributed by atoms with Crippen LogP contribution in [0.1, 0.15) is 6.42 Å². The first-order chi connectivity index (χ1) is 6.74. The lowest BCUT2D eigenvalue weighted by atomic mass is 10.2. The average Bonchev–Trinajstić information content (AvgIpc) is 2.51. The van der Waals surface area contributed by atoms with Crippen molar-refractivity contribution in [3.8, 4) is 0 Å². The van der Waals surface area contributed by atoms with Gasteiger partial charge in [0, 0.05) is 32.7 Å². The molecule has 0 saturated carbocycles. The van der Waals surface area contributed by atoms with Crippen LogP contribution in [0.5, 0.6) is 0 Å². The van der Waals surface area contributed by atoms with Crippen molar-refractivity contribution in [2.75, 3.05) is 46.4 Å². The maximum absolute atomic E-state index is 9.39. The third kappa shape index (κ3) is 2.67. The van der Waals surface area contributed by atoms with Crippen LogP contribution < -0.4 is 0 Å². The smallest absolute Gasteiger partial charge is 0.0829 e. The standard InChI is InChI=1S/C10H20N2O2/c1-11-4-5-14-10(7-11)8-12-3-2-9(13)6-12/h9-10,13H,2-8H2,1H3. The van der Waals surface area contributed by atoms with Gasteiger partial charge in [0.25, 0.3) is 0 Å². The lowest BCUT2D eigenvalue weighted by molar-refractivity contribution is -0.0338. The number of aliphatic hydroxyl groups is 1. The number of aliphatic hydroxyl groups excluding tert-OH is 1. The molecular formula is C10H20N2O2. The summed E-state index contributed by atoms with van der Waals surface area (Å²) in [6.07, 6.45) is 1.14. The minimum atomic E-state index is -0.115. The Morgan fingerprint density at radius 2 is 2.21 bits per heavy atom. The molecule has 14 heavy (non-hydrogen) atoms. The van der Waals surface area contributed by atoms with Crippen LogP contribution in [-0.4, -0.2) is 73.5 Å². The van der Waals surface area contributed by atoms with Gasteiger partial charge in [0.05, 0.1) is 18.8 Å². The van der Waals surface area contributed by atoms with E-state index in [1.807, 2.05) is 0 Å². The van der Waals surface area contributed by atoms with Gasteiger partial charge in [-0.05, 0) is 13.5 Å². The highest BCUT2D eigenvalue weighted by Gasteiger charge is 2.25. The fourth-order valence-electron chi connectivity index (χ4n) is 2.24. The Labute approximate surface area is 85.4 Å². The number of rotatable bonds is 2. The molecule has 0 radical (unpaired) electrons. The molecule has 2 atom stereocenters. The van der Waals surface area contributed by atoms with Gasteiger partial charge in [-0.1, -0.05) is 0 Å². The molecule has 2 aliphatic rings. The van der Waals surface area contributed by atoms with Crippen LogP contribution in [-0.2, 0) is 4.74 Å². The second-order valence-corrected chi connectivity index (χ2v) is 4.46. The van der Waals surface area contributed by atoms with Gasteiger partial charge in [0.2, 0.25) is 0 Å². The molecule has 2 fully saturated rings. The molecule has 82 valence electrons. The van der Waals surface area contributed by atoms with Gasteiger partial charge >= 0.3 is 0 Å².